The Labute approximate surface area is 261 Å². The second-order valence-electron chi connectivity index (χ2n) is 13.5. The molecular weight excluding hydrogens is 552 g/mol. The first-order valence-corrected chi connectivity index (χ1v) is 16.0. The summed E-state index contributed by atoms with van der Waals surface area (Å²) < 4.78 is 12.0. The number of hydrogen-bond donors (Lipinski definition) is 0. The Balaban J connectivity index is 1.29. The van der Waals surface area contributed by atoms with Crippen molar-refractivity contribution in [1.29, 1.82) is 0 Å². The van der Waals surface area contributed by atoms with Gasteiger partial charge >= 0.3 is 12.1 Å². The normalized spacial score (nSPS) is 20.4. The fourth-order valence-electron chi connectivity index (χ4n) is 6.97. The molecule has 0 saturated carbocycles. The van der Waals surface area contributed by atoms with Gasteiger partial charge in [0.1, 0.15) is 18.0 Å². The van der Waals surface area contributed by atoms with Crippen LogP contribution in [0.4, 0.5) is 16.3 Å². The van der Waals surface area contributed by atoms with E-state index in [2.05, 4.69) is 58.0 Å². The standard InChI is InChI=1S/C35H44N6O3/c1-24-10-6-12-26-13-7-15-30(31(24)26)39-19-16-28-29(22-39)37-33(38-32(28)40-17-8-11-25(21-40)20-36-5)43-23-27-14-9-18-41(27)34(42)44-35(2,3)4/h6-7,10,12-13,15,25,27H,8-9,11,14,16-23H2,1-4H3/t25-,27-/m0/s1. The van der Waals surface area contributed by atoms with Gasteiger partial charge in [-0.2, -0.15) is 9.97 Å². The number of amides is 1. The fraction of sp³-hybridized carbons (Fsp3) is 0.543. The number of fused-ring (bicyclic) bond motifs is 2. The first-order valence-electron chi connectivity index (χ1n) is 16.0. The molecule has 2 aromatic carbocycles. The summed E-state index contributed by atoms with van der Waals surface area (Å²) in [5.41, 5.74) is 4.12. The zero-order valence-corrected chi connectivity index (χ0v) is 26.5. The highest BCUT2D eigenvalue weighted by atomic mass is 16.6. The average Bonchev–Trinajstić information content (AvgIpc) is 3.48. The van der Waals surface area contributed by atoms with Crippen LogP contribution in [-0.2, 0) is 17.7 Å². The summed E-state index contributed by atoms with van der Waals surface area (Å²) in [7, 11) is 0. The zero-order valence-electron chi connectivity index (χ0n) is 26.5. The molecular formula is C35H44N6O3. The molecule has 3 aromatic rings. The first-order chi connectivity index (χ1) is 21.2. The van der Waals surface area contributed by atoms with Gasteiger partial charge in [0.2, 0.25) is 6.54 Å². The third-order valence-electron chi connectivity index (χ3n) is 9.03. The number of hydrogen-bond acceptors (Lipinski definition) is 7. The van der Waals surface area contributed by atoms with Crippen molar-refractivity contribution in [1.82, 2.24) is 14.9 Å². The van der Waals surface area contributed by atoms with Gasteiger partial charge in [-0.25, -0.2) is 11.4 Å². The van der Waals surface area contributed by atoms with E-state index in [-0.39, 0.29) is 12.1 Å². The minimum absolute atomic E-state index is 0.0823. The number of rotatable bonds is 6. The Hall–Kier alpha value is -4.06. The Morgan fingerprint density at radius 1 is 1.05 bits per heavy atom. The van der Waals surface area contributed by atoms with Crippen LogP contribution in [0.1, 0.15) is 63.3 Å². The Morgan fingerprint density at radius 3 is 2.64 bits per heavy atom. The predicted molar refractivity (Wildman–Crippen MR) is 173 cm³/mol. The summed E-state index contributed by atoms with van der Waals surface area (Å²) in [6, 6.07) is 13.3. The van der Waals surface area contributed by atoms with E-state index in [0.717, 1.165) is 63.3 Å². The molecule has 1 amide bonds. The van der Waals surface area contributed by atoms with Crippen LogP contribution in [-0.4, -0.2) is 71.9 Å². The third kappa shape index (κ3) is 6.40. The van der Waals surface area contributed by atoms with Crippen molar-refractivity contribution >= 4 is 28.4 Å². The van der Waals surface area contributed by atoms with Crippen molar-refractivity contribution in [2.24, 2.45) is 5.92 Å². The van der Waals surface area contributed by atoms with Gasteiger partial charge in [0.25, 0.3) is 0 Å². The van der Waals surface area contributed by atoms with Crippen molar-refractivity contribution in [2.75, 3.05) is 49.1 Å². The Bertz CT molecular complexity index is 1560. The van der Waals surface area contributed by atoms with Gasteiger partial charge in [-0.15, -0.1) is 0 Å². The van der Waals surface area contributed by atoms with Gasteiger partial charge in [-0.3, -0.25) is 0 Å². The number of piperidine rings is 1. The van der Waals surface area contributed by atoms with E-state index in [1.54, 1.807) is 4.90 Å². The lowest BCUT2D eigenvalue weighted by molar-refractivity contribution is 0.0183. The Kier molecular flexibility index (Phi) is 8.53. The minimum atomic E-state index is -0.546. The molecule has 2 saturated heterocycles. The van der Waals surface area contributed by atoms with Crippen LogP contribution in [0.5, 0.6) is 6.01 Å². The lowest BCUT2D eigenvalue weighted by Gasteiger charge is -2.36. The summed E-state index contributed by atoms with van der Waals surface area (Å²) in [4.78, 5) is 33.2. The van der Waals surface area contributed by atoms with E-state index in [0.29, 0.717) is 38.2 Å². The first kappa shape index (κ1) is 30.0. The van der Waals surface area contributed by atoms with E-state index in [1.807, 2.05) is 20.8 Å². The average molecular weight is 597 g/mol. The van der Waals surface area contributed by atoms with Crippen LogP contribution in [0.2, 0.25) is 0 Å². The molecule has 9 nitrogen and oxygen atoms in total. The molecule has 9 heteroatoms. The van der Waals surface area contributed by atoms with Crippen molar-refractivity contribution in [3.63, 3.8) is 0 Å². The zero-order chi connectivity index (χ0) is 30.8. The van der Waals surface area contributed by atoms with Gasteiger partial charge < -0.3 is 29.0 Å². The molecule has 232 valence electrons. The van der Waals surface area contributed by atoms with E-state index in [9.17, 15) is 4.79 Å². The molecule has 2 fully saturated rings. The highest BCUT2D eigenvalue weighted by Gasteiger charge is 2.34. The lowest BCUT2D eigenvalue weighted by Crippen LogP contribution is -2.42. The maximum atomic E-state index is 12.9. The highest BCUT2D eigenvalue weighted by molar-refractivity contribution is 5.97. The maximum Gasteiger partial charge on any atom is 0.410 e. The second-order valence-corrected chi connectivity index (χ2v) is 13.5. The number of benzene rings is 2. The molecule has 0 radical (unpaired) electrons. The molecule has 1 aromatic heterocycles. The van der Waals surface area contributed by atoms with Crippen LogP contribution < -0.4 is 14.5 Å². The molecule has 2 atom stereocenters. The van der Waals surface area contributed by atoms with Gasteiger partial charge in [0, 0.05) is 48.7 Å². The number of aromatic nitrogens is 2. The predicted octanol–water partition coefficient (Wildman–Crippen LogP) is 6.41. The smallest absolute Gasteiger partial charge is 0.410 e. The van der Waals surface area contributed by atoms with Gasteiger partial charge in [-0.1, -0.05) is 30.3 Å². The van der Waals surface area contributed by atoms with Gasteiger partial charge in [0.05, 0.1) is 18.3 Å². The number of anilines is 2. The summed E-state index contributed by atoms with van der Waals surface area (Å²) in [5.74, 6) is 1.29. The van der Waals surface area contributed by atoms with Crippen molar-refractivity contribution in [3.05, 3.63) is 64.6 Å². The largest absolute Gasteiger partial charge is 0.461 e. The van der Waals surface area contributed by atoms with E-state index in [1.165, 1.54) is 27.6 Å². The number of nitrogens with zero attached hydrogens (tertiary/aromatic N) is 6. The molecule has 0 aliphatic carbocycles. The summed E-state index contributed by atoms with van der Waals surface area (Å²) in [6.07, 6.45) is 4.44. The summed E-state index contributed by atoms with van der Waals surface area (Å²) in [5, 5.41) is 2.52. The molecule has 4 heterocycles. The molecule has 44 heavy (non-hydrogen) atoms. The molecule has 0 unspecified atom stereocenters. The van der Waals surface area contributed by atoms with Crippen molar-refractivity contribution < 1.29 is 14.3 Å². The fourth-order valence-corrected chi connectivity index (χ4v) is 6.97. The lowest BCUT2D eigenvalue weighted by atomic mass is 9.96. The van der Waals surface area contributed by atoms with Crippen LogP contribution in [0.15, 0.2) is 36.4 Å². The van der Waals surface area contributed by atoms with E-state index in [4.69, 9.17) is 26.0 Å². The van der Waals surface area contributed by atoms with Gasteiger partial charge in [0.15, 0.2) is 0 Å². The number of aryl methyl sites for hydroxylation is 1. The van der Waals surface area contributed by atoms with E-state index < -0.39 is 5.60 Å². The monoisotopic (exact) mass is 596 g/mol. The number of carbonyl (C=O) groups is 1. The van der Waals surface area contributed by atoms with Crippen LogP contribution in [0.25, 0.3) is 15.6 Å². The quantitative estimate of drug-likeness (QED) is 0.304. The Morgan fingerprint density at radius 2 is 1.84 bits per heavy atom. The number of likely N-dealkylation sites (tertiary alicyclic amines) is 1. The van der Waals surface area contributed by atoms with Gasteiger partial charge in [-0.05, 0) is 76.8 Å². The minimum Gasteiger partial charge on any atom is -0.461 e. The number of ether oxygens (including phenoxy) is 2. The van der Waals surface area contributed by atoms with Crippen molar-refractivity contribution in [3.8, 4) is 6.01 Å². The van der Waals surface area contributed by atoms with Crippen LogP contribution in [0.3, 0.4) is 0 Å². The molecule has 3 aliphatic heterocycles. The van der Waals surface area contributed by atoms with E-state index >= 15 is 0 Å². The molecule has 3 aliphatic rings. The number of carbonyl (C=O) groups excluding carboxylic acids is 1. The highest BCUT2D eigenvalue weighted by Crippen LogP contribution is 2.36. The topological polar surface area (TPSA) is 75.4 Å². The summed E-state index contributed by atoms with van der Waals surface area (Å²) >= 11 is 0. The molecule has 0 N–H and O–H groups in total. The van der Waals surface area contributed by atoms with Crippen molar-refractivity contribution in [2.45, 2.75) is 78.0 Å². The summed E-state index contributed by atoms with van der Waals surface area (Å²) in [6.45, 7) is 20.1. The van der Waals surface area contributed by atoms with Crippen LogP contribution >= 0.6 is 0 Å². The third-order valence-corrected chi connectivity index (χ3v) is 9.03. The molecule has 0 bridgehead atoms. The van der Waals surface area contributed by atoms with Crippen LogP contribution in [0, 0.1) is 19.4 Å². The second kappa shape index (κ2) is 12.5. The maximum absolute atomic E-state index is 12.9. The molecule has 0 spiro atoms. The SMILES string of the molecule is [C-]#[N+]C[C@@H]1CCCN(c2nc(OC[C@@H]3CCCN3C(=O)OC(C)(C)C)nc3c2CCN(c2cccc4cccc(C)c24)C3)C1. The molecule has 6 rings (SSSR count).